The van der Waals surface area contributed by atoms with Crippen molar-refractivity contribution in [3.63, 3.8) is 0 Å². The highest BCUT2D eigenvalue weighted by Gasteiger charge is 2.09. The number of hydrogen-bond acceptors (Lipinski definition) is 4. The van der Waals surface area contributed by atoms with E-state index in [9.17, 15) is 0 Å². The molecule has 0 radical (unpaired) electrons. The third-order valence-electron chi connectivity index (χ3n) is 2.10. The van der Waals surface area contributed by atoms with Gasteiger partial charge in [-0.1, -0.05) is 12.1 Å². The van der Waals surface area contributed by atoms with Gasteiger partial charge in [-0.05, 0) is 12.1 Å². The van der Waals surface area contributed by atoms with E-state index in [1.807, 2.05) is 24.3 Å². The van der Waals surface area contributed by atoms with Crippen molar-refractivity contribution in [3.05, 3.63) is 30.5 Å². The summed E-state index contributed by atoms with van der Waals surface area (Å²) in [7, 11) is 3.40. The summed E-state index contributed by atoms with van der Waals surface area (Å²) in [5.41, 5.74) is 1.68. The van der Waals surface area contributed by atoms with Crippen LogP contribution in [0.15, 0.2) is 34.9 Å². The molecule has 2 rings (SSSR count). The Balaban J connectivity index is 2.44. The summed E-state index contributed by atoms with van der Waals surface area (Å²) in [6, 6.07) is 8.18. The molecule has 0 saturated heterocycles. The summed E-state index contributed by atoms with van der Waals surface area (Å²) in [6.07, 6.45) is 1.60. The molecule has 0 atom stereocenters. The van der Waals surface area contributed by atoms with Crippen LogP contribution >= 0.6 is 0 Å². The third-order valence-corrected chi connectivity index (χ3v) is 2.10. The first-order valence-corrected chi connectivity index (χ1v) is 4.62. The summed E-state index contributed by atoms with van der Waals surface area (Å²) in [5.74, 6) is 0.786. The number of nitrogens with one attached hydrogen (secondary N) is 1. The maximum atomic E-state index is 5.24. The van der Waals surface area contributed by atoms with Crippen LogP contribution in [0, 0.1) is 0 Å². The number of rotatable bonds is 3. The first-order chi connectivity index (χ1) is 7.35. The third kappa shape index (κ3) is 1.79. The molecule has 0 aliphatic carbocycles. The Morgan fingerprint density at radius 2 is 2.13 bits per heavy atom. The summed E-state index contributed by atoms with van der Waals surface area (Å²) in [6.45, 7) is 0. The summed E-state index contributed by atoms with van der Waals surface area (Å²) >= 11 is 0. The minimum atomic E-state index is 0.496. The first-order valence-electron chi connectivity index (χ1n) is 4.62. The van der Waals surface area contributed by atoms with Crippen LogP contribution in [0.2, 0.25) is 0 Å². The van der Waals surface area contributed by atoms with Crippen molar-refractivity contribution >= 4 is 6.01 Å². The van der Waals surface area contributed by atoms with Crippen LogP contribution in [0.3, 0.4) is 0 Å². The lowest BCUT2D eigenvalue weighted by atomic mass is 10.1. The number of para-hydroxylation sites is 1. The van der Waals surface area contributed by atoms with Gasteiger partial charge < -0.3 is 14.5 Å². The molecule has 15 heavy (non-hydrogen) atoms. The van der Waals surface area contributed by atoms with E-state index < -0.39 is 0 Å². The molecule has 1 N–H and O–H groups in total. The molecule has 0 spiro atoms. The van der Waals surface area contributed by atoms with Gasteiger partial charge in [0.05, 0.1) is 7.11 Å². The van der Waals surface area contributed by atoms with Crippen molar-refractivity contribution in [1.82, 2.24) is 4.98 Å². The second-order valence-corrected chi connectivity index (χ2v) is 2.99. The fraction of sp³-hybridized carbons (Fsp3) is 0.182. The average molecular weight is 204 g/mol. The predicted octanol–water partition coefficient (Wildman–Crippen LogP) is 2.39. The van der Waals surface area contributed by atoms with Crippen LogP contribution in [-0.2, 0) is 0 Å². The molecule has 0 saturated carbocycles. The summed E-state index contributed by atoms with van der Waals surface area (Å²) in [4.78, 5) is 4.25. The molecular formula is C11H12N2O2. The van der Waals surface area contributed by atoms with Crippen molar-refractivity contribution in [2.45, 2.75) is 0 Å². The highest BCUT2D eigenvalue weighted by Crippen LogP contribution is 2.29. The van der Waals surface area contributed by atoms with E-state index in [2.05, 4.69) is 10.3 Å². The van der Waals surface area contributed by atoms with Gasteiger partial charge in [0.2, 0.25) is 0 Å². The quantitative estimate of drug-likeness (QED) is 0.833. The fourth-order valence-corrected chi connectivity index (χ4v) is 1.37. The molecular weight excluding hydrogens is 192 g/mol. The van der Waals surface area contributed by atoms with Gasteiger partial charge in [-0.3, -0.25) is 0 Å². The number of hydrogen-bond donors (Lipinski definition) is 1. The monoisotopic (exact) mass is 204 g/mol. The predicted molar refractivity (Wildman–Crippen MR) is 58.0 cm³/mol. The molecule has 0 amide bonds. The second kappa shape index (κ2) is 4.04. The number of oxazole rings is 1. The van der Waals surface area contributed by atoms with Crippen LogP contribution in [0.25, 0.3) is 11.3 Å². The Labute approximate surface area is 87.9 Å². The molecule has 0 unspecified atom stereocenters. The van der Waals surface area contributed by atoms with Gasteiger partial charge in [-0.25, -0.2) is 0 Å². The number of nitrogens with zero attached hydrogens (tertiary/aromatic N) is 1. The molecule has 4 nitrogen and oxygen atoms in total. The van der Waals surface area contributed by atoms with Crippen LogP contribution in [-0.4, -0.2) is 19.1 Å². The van der Waals surface area contributed by atoms with Crippen molar-refractivity contribution in [1.29, 1.82) is 0 Å². The van der Waals surface area contributed by atoms with E-state index in [4.69, 9.17) is 9.15 Å². The van der Waals surface area contributed by atoms with Gasteiger partial charge in [-0.15, -0.1) is 0 Å². The Bertz CT molecular complexity index is 451. The molecule has 1 heterocycles. The molecule has 0 aliphatic heterocycles. The Morgan fingerprint density at radius 1 is 1.33 bits per heavy atom. The van der Waals surface area contributed by atoms with Gasteiger partial charge in [0, 0.05) is 12.6 Å². The molecule has 4 heteroatoms. The second-order valence-electron chi connectivity index (χ2n) is 2.99. The zero-order chi connectivity index (χ0) is 10.7. The molecule has 2 aromatic rings. The standard InChI is InChI=1S/C11H12N2O2/c1-12-11-13-9(7-15-11)8-5-3-4-6-10(8)14-2/h3-7H,1-2H3,(H,12,13). The van der Waals surface area contributed by atoms with E-state index in [0.29, 0.717) is 6.01 Å². The SMILES string of the molecule is CNc1nc(-c2ccccc2OC)co1. The Morgan fingerprint density at radius 3 is 2.80 bits per heavy atom. The number of anilines is 1. The van der Waals surface area contributed by atoms with E-state index in [1.165, 1.54) is 0 Å². The smallest absolute Gasteiger partial charge is 0.294 e. The number of ether oxygens (including phenoxy) is 1. The lowest BCUT2D eigenvalue weighted by Gasteiger charge is -2.03. The van der Waals surface area contributed by atoms with Gasteiger partial charge in [0.25, 0.3) is 6.01 Å². The summed E-state index contributed by atoms with van der Waals surface area (Å²) < 4.78 is 10.4. The maximum absolute atomic E-state index is 5.24. The van der Waals surface area contributed by atoms with Gasteiger partial charge in [0.1, 0.15) is 17.7 Å². The largest absolute Gasteiger partial charge is 0.496 e. The molecule has 1 aromatic carbocycles. The number of benzene rings is 1. The number of aromatic nitrogens is 1. The van der Waals surface area contributed by atoms with Crippen LogP contribution in [0.5, 0.6) is 5.75 Å². The van der Waals surface area contributed by atoms with E-state index in [1.54, 1.807) is 20.4 Å². The van der Waals surface area contributed by atoms with E-state index in [0.717, 1.165) is 17.0 Å². The van der Waals surface area contributed by atoms with Crippen LogP contribution in [0.4, 0.5) is 6.01 Å². The molecule has 78 valence electrons. The minimum Gasteiger partial charge on any atom is -0.496 e. The van der Waals surface area contributed by atoms with E-state index in [-0.39, 0.29) is 0 Å². The normalized spacial score (nSPS) is 10.0. The van der Waals surface area contributed by atoms with Crippen molar-refractivity contribution in [2.75, 3.05) is 19.5 Å². The van der Waals surface area contributed by atoms with E-state index >= 15 is 0 Å². The Kier molecular flexibility index (Phi) is 2.58. The lowest BCUT2D eigenvalue weighted by molar-refractivity contribution is 0.416. The summed E-state index contributed by atoms with van der Waals surface area (Å²) in [5, 5.41) is 2.84. The van der Waals surface area contributed by atoms with Crippen LogP contribution in [0.1, 0.15) is 0 Å². The van der Waals surface area contributed by atoms with Gasteiger partial charge in [-0.2, -0.15) is 4.98 Å². The highest BCUT2D eigenvalue weighted by atomic mass is 16.5. The molecule has 0 aliphatic rings. The zero-order valence-corrected chi connectivity index (χ0v) is 8.65. The van der Waals surface area contributed by atoms with Crippen molar-refractivity contribution in [2.24, 2.45) is 0 Å². The lowest BCUT2D eigenvalue weighted by Crippen LogP contribution is -1.89. The maximum Gasteiger partial charge on any atom is 0.294 e. The highest BCUT2D eigenvalue weighted by molar-refractivity contribution is 5.67. The molecule has 0 fully saturated rings. The van der Waals surface area contributed by atoms with Crippen molar-refractivity contribution < 1.29 is 9.15 Å². The van der Waals surface area contributed by atoms with Gasteiger partial charge >= 0.3 is 0 Å². The Hall–Kier alpha value is -1.97. The van der Waals surface area contributed by atoms with Crippen molar-refractivity contribution in [3.8, 4) is 17.0 Å². The van der Waals surface area contributed by atoms with Crippen LogP contribution < -0.4 is 10.1 Å². The minimum absolute atomic E-state index is 0.496. The van der Waals surface area contributed by atoms with Gasteiger partial charge in [0.15, 0.2) is 0 Å². The number of methoxy groups -OCH3 is 1. The zero-order valence-electron chi connectivity index (χ0n) is 8.65. The molecule has 0 bridgehead atoms. The molecule has 1 aromatic heterocycles. The topological polar surface area (TPSA) is 47.3 Å². The first kappa shape index (κ1) is 9.58. The fourth-order valence-electron chi connectivity index (χ4n) is 1.37. The average Bonchev–Trinajstić information content (AvgIpc) is 2.77.